The van der Waals surface area contributed by atoms with Gasteiger partial charge in [0.1, 0.15) is 4.60 Å². The van der Waals surface area contributed by atoms with Crippen LogP contribution >= 0.6 is 15.9 Å². The van der Waals surface area contributed by atoms with Crippen LogP contribution in [0, 0.1) is 12.7 Å². The van der Waals surface area contributed by atoms with Crippen molar-refractivity contribution in [2.45, 2.75) is 6.92 Å². The summed E-state index contributed by atoms with van der Waals surface area (Å²) in [5.41, 5.74) is 0.173. The zero-order chi connectivity index (χ0) is 9.30. The zero-order valence-corrected chi connectivity index (χ0v) is 7.72. The van der Waals surface area contributed by atoms with Gasteiger partial charge < -0.3 is 5.11 Å². The monoisotopic (exact) mass is 233 g/mol. The average Bonchev–Trinajstić information content (AvgIpc) is 1.96. The molecule has 0 amide bonds. The van der Waals surface area contributed by atoms with E-state index < -0.39 is 11.8 Å². The molecule has 12 heavy (non-hydrogen) atoms. The first kappa shape index (κ1) is 9.12. The summed E-state index contributed by atoms with van der Waals surface area (Å²) in [7, 11) is 0. The lowest BCUT2D eigenvalue weighted by Crippen LogP contribution is -2.03. The molecule has 0 aliphatic heterocycles. The van der Waals surface area contributed by atoms with Crippen molar-refractivity contribution in [2.75, 3.05) is 0 Å². The number of carboxylic acid groups (broad SMARTS) is 1. The number of hydrogen-bond acceptors (Lipinski definition) is 2. The van der Waals surface area contributed by atoms with Crippen LogP contribution in [0.15, 0.2) is 10.7 Å². The summed E-state index contributed by atoms with van der Waals surface area (Å²) in [5.74, 6) is -1.84. The van der Waals surface area contributed by atoms with Crippen LogP contribution in [0.25, 0.3) is 0 Å². The Kier molecular flexibility index (Phi) is 2.42. The van der Waals surface area contributed by atoms with E-state index in [9.17, 15) is 9.18 Å². The Morgan fingerprint density at radius 3 is 2.83 bits per heavy atom. The van der Waals surface area contributed by atoms with Gasteiger partial charge in [-0.1, -0.05) is 0 Å². The quantitative estimate of drug-likeness (QED) is 0.756. The lowest BCUT2D eigenvalue weighted by Gasteiger charge is -2.00. The molecule has 3 nitrogen and oxygen atoms in total. The largest absolute Gasteiger partial charge is 0.478 e. The Balaban J connectivity index is 3.33. The van der Waals surface area contributed by atoms with Crippen molar-refractivity contribution in [1.82, 2.24) is 4.98 Å². The molecule has 64 valence electrons. The van der Waals surface area contributed by atoms with Crippen LogP contribution < -0.4 is 0 Å². The fourth-order valence-corrected chi connectivity index (χ4v) is 1.15. The number of carboxylic acids is 1. The number of hydrogen-bond donors (Lipinski definition) is 1. The number of rotatable bonds is 1. The predicted molar refractivity (Wildman–Crippen MR) is 43.6 cm³/mol. The van der Waals surface area contributed by atoms with E-state index in [1.807, 2.05) is 0 Å². The molecule has 1 rings (SSSR count). The van der Waals surface area contributed by atoms with Crippen molar-refractivity contribution < 1.29 is 14.3 Å². The summed E-state index contributed by atoms with van der Waals surface area (Å²) < 4.78 is 12.8. The van der Waals surface area contributed by atoms with Crippen LogP contribution in [0.5, 0.6) is 0 Å². The number of carbonyl (C=O) groups is 1. The van der Waals surface area contributed by atoms with E-state index in [1.54, 1.807) is 0 Å². The number of pyridine rings is 1. The second-order valence-corrected chi connectivity index (χ2v) is 2.95. The van der Waals surface area contributed by atoms with E-state index in [-0.39, 0.29) is 15.9 Å². The zero-order valence-electron chi connectivity index (χ0n) is 6.14. The van der Waals surface area contributed by atoms with Crippen molar-refractivity contribution in [3.63, 3.8) is 0 Å². The Labute approximate surface area is 76.4 Å². The lowest BCUT2D eigenvalue weighted by atomic mass is 10.2. The Morgan fingerprint density at radius 1 is 1.75 bits per heavy atom. The second kappa shape index (κ2) is 3.18. The summed E-state index contributed by atoms with van der Waals surface area (Å²) in [6.07, 6.45) is 0. The second-order valence-electron chi connectivity index (χ2n) is 2.20. The minimum atomic E-state index is -1.17. The summed E-state index contributed by atoms with van der Waals surface area (Å²) >= 11 is 2.85. The third-order valence-electron chi connectivity index (χ3n) is 1.35. The van der Waals surface area contributed by atoms with Crippen LogP contribution in [-0.2, 0) is 0 Å². The van der Waals surface area contributed by atoms with Gasteiger partial charge in [0.2, 0.25) is 0 Å². The predicted octanol–water partition coefficient (Wildman–Crippen LogP) is 1.99. The lowest BCUT2D eigenvalue weighted by molar-refractivity contribution is 0.0695. The third-order valence-corrected chi connectivity index (χ3v) is 1.91. The van der Waals surface area contributed by atoms with Crippen LogP contribution in [0.1, 0.15) is 16.1 Å². The number of aromatic nitrogens is 1. The maximum atomic E-state index is 12.7. The number of aryl methyl sites for hydroxylation is 1. The van der Waals surface area contributed by atoms with E-state index in [0.29, 0.717) is 0 Å². The third kappa shape index (κ3) is 1.61. The molecule has 0 saturated heterocycles. The standard InChI is InChI=1S/C7H5BrFNO2/c1-3-4(7(11)12)2-5(9)6(8)10-3/h2H,1H3,(H,11,12). The number of nitrogens with zero attached hydrogens (tertiary/aromatic N) is 1. The van der Waals surface area contributed by atoms with Gasteiger partial charge in [0.25, 0.3) is 0 Å². The average molecular weight is 234 g/mol. The molecule has 1 N–H and O–H groups in total. The van der Waals surface area contributed by atoms with Crippen LogP contribution in [-0.4, -0.2) is 16.1 Å². The van der Waals surface area contributed by atoms with Crippen molar-refractivity contribution in [3.8, 4) is 0 Å². The van der Waals surface area contributed by atoms with Crippen molar-refractivity contribution in [3.05, 3.63) is 27.7 Å². The van der Waals surface area contributed by atoms with Crippen molar-refractivity contribution in [1.29, 1.82) is 0 Å². The van der Waals surface area contributed by atoms with E-state index in [0.717, 1.165) is 6.07 Å². The molecule has 0 aliphatic rings. The summed E-state index contributed by atoms with van der Waals surface area (Å²) in [6, 6.07) is 0.939. The first-order valence-corrected chi connectivity index (χ1v) is 3.87. The molecule has 0 aromatic carbocycles. The molecular formula is C7H5BrFNO2. The molecular weight excluding hydrogens is 229 g/mol. The fraction of sp³-hybridized carbons (Fsp3) is 0.143. The maximum absolute atomic E-state index is 12.7. The maximum Gasteiger partial charge on any atom is 0.337 e. The van der Waals surface area contributed by atoms with Crippen molar-refractivity contribution >= 4 is 21.9 Å². The first-order chi connectivity index (χ1) is 5.52. The van der Waals surface area contributed by atoms with E-state index >= 15 is 0 Å². The molecule has 1 aromatic rings. The highest BCUT2D eigenvalue weighted by atomic mass is 79.9. The van der Waals surface area contributed by atoms with Gasteiger partial charge in [-0.15, -0.1) is 0 Å². The minimum absolute atomic E-state index is 0.0324. The van der Waals surface area contributed by atoms with Gasteiger partial charge in [-0.3, -0.25) is 0 Å². The molecule has 0 aliphatic carbocycles. The molecule has 0 unspecified atom stereocenters. The molecule has 0 fully saturated rings. The van der Waals surface area contributed by atoms with Gasteiger partial charge in [-0.2, -0.15) is 0 Å². The molecule has 0 saturated carbocycles. The molecule has 0 atom stereocenters. The molecule has 0 bridgehead atoms. The SMILES string of the molecule is Cc1nc(Br)c(F)cc1C(=O)O. The van der Waals surface area contributed by atoms with Crippen molar-refractivity contribution in [2.24, 2.45) is 0 Å². The van der Waals surface area contributed by atoms with E-state index in [1.165, 1.54) is 6.92 Å². The minimum Gasteiger partial charge on any atom is -0.478 e. The Hall–Kier alpha value is -0.970. The Morgan fingerprint density at radius 2 is 2.33 bits per heavy atom. The smallest absolute Gasteiger partial charge is 0.337 e. The van der Waals surface area contributed by atoms with Crippen LogP contribution in [0.2, 0.25) is 0 Å². The summed E-state index contributed by atoms with van der Waals surface area (Å²) in [4.78, 5) is 14.1. The van der Waals surface area contributed by atoms with Gasteiger partial charge in [0.15, 0.2) is 5.82 Å². The molecule has 0 spiro atoms. The number of aromatic carboxylic acids is 1. The molecule has 0 radical (unpaired) electrons. The molecule has 5 heteroatoms. The highest BCUT2D eigenvalue weighted by Crippen LogP contribution is 2.16. The van der Waals surface area contributed by atoms with Gasteiger partial charge >= 0.3 is 5.97 Å². The van der Waals surface area contributed by atoms with Gasteiger partial charge in [0.05, 0.1) is 11.3 Å². The normalized spacial score (nSPS) is 9.92. The molecule has 1 aromatic heterocycles. The number of halogens is 2. The highest BCUT2D eigenvalue weighted by molar-refractivity contribution is 9.10. The van der Waals surface area contributed by atoms with Gasteiger partial charge in [-0.05, 0) is 28.9 Å². The van der Waals surface area contributed by atoms with Gasteiger partial charge in [0, 0.05) is 0 Å². The van der Waals surface area contributed by atoms with E-state index in [2.05, 4.69) is 20.9 Å². The summed E-state index contributed by atoms with van der Waals surface area (Å²) in [6.45, 7) is 1.51. The van der Waals surface area contributed by atoms with E-state index in [4.69, 9.17) is 5.11 Å². The van der Waals surface area contributed by atoms with Crippen LogP contribution in [0.4, 0.5) is 4.39 Å². The first-order valence-electron chi connectivity index (χ1n) is 3.08. The van der Waals surface area contributed by atoms with Crippen LogP contribution in [0.3, 0.4) is 0 Å². The Bertz CT molecular complexity index is 340. The highest BCUT2D eigenvalue weighted by Gasteiger charge is 2.11. The fourth-order valence-electron chi connectivity index (χ4n) is 0.768. The summed E-state index contributed by atoms with van der Waals surface area (Å²) in [5, 5.41) is 8.56. The molecule has 1 heterocycles. The topological polar surface area (TPSA) is 50.2 Å². The van der Waals surface area contributed by atoms with Gasteiger partial charge in [-0.25, -0.2) is 14.2 Å².